The highest BCUT2D eigenvalue weighted by Gasteiger charge is 2.04. The number of hydrogen-bond donors (Lipinski definition) is 2. The zero-order chi connectivity index (χ0) is 19.2. The van der Waals surface area contributed by atoms with Crippen molar-refractivity contribution in [1.29, 1.82) is 0 Å². The van der Waals surface area contributed by atoms with E-state index in [-0.39, 0.29) is 11.5 Å². The molecule has 0 aliphatic carbocycles. The van der Waals surface area contributed by atoms with Crippen LogP contribution in [-0.4, -0.2) is 30.4 Å². The molecule has 2 aromatic carbocycles. The van der Waals surface area contributed by atoms with E-state index in [2.05, 4.69) is 36.4 Å². The quantitative estimate of drug-likeness (QED) is 0.461. The zero-order valence-electron chi connectivity index (χ0n) is 14.7. The lowest BCUT2D eigenvalue weighted by molar-refractivity contribution is 0.412. The number of aromatic amines is 1. The number of methoxy groups -OCH3 is 2. The largest absolute Gasteiger partial charge is 0.497 e. The van der Waals surface area contributed by atoms with Gasteiger partial charge in [-0.15, -0.1) is 0 Å². The van der Waals surface area contributed by atoms with E-state index in [4.69, 9.17) is 9.47 Å². The Balaban J connectivity index is 1.78. The Kier molecular flexibility index (Phi) is 5.87. The SMILES string of the molecule is COc1ccc(-c2cc(=O)[nH]c(N/N=C\c3ccc(OC)c(Br)c3)n2)cc1. The molecule has 2 N–H and O–H groups in total. The molecule has 27 heavy (non-hydrogen) atoms. The van der Waals surface area contributed by atoms with Gasteiger partial charge in [0.25, 0.3) is 5.56 Å². The fraction of sp³-hybridized carbons (Fsp3) is 0.105. The first-order valence-corrected chi connectivity index (χ1v) is 8.77. The Bertz CT molecular complexity index is 1020. The maximum absolute atomic E-state index is 11.9. The van der Waals surface area contributed by atoms with Crippen molar-refractivity contribution < 1.29 is 9.47 Å². The first kappa shape index (κ1) is 18.7. The van der Waals surface area contributed by atoms with Crippen molar-refractivity contribution >= 4 is 28.1 Å². The molecule has 0 saturated heterocycles. The lowest BCUT2D eigenvalue weighted by Gasteiger charge is -2.05. The molecular formula is C19H17BrN4O3. The molecule has 0 radical (unpaired) electrons. The second kappa shape index (κ2) is 8.50. The summed E-state index contributed by atoms with van der Waals surface area (Å²) in [5, 5.41) is 4.12. The number of nitrogens with one attached hydrogen (secondary N) is 2. The van der Waals surface area contributed by atoms with Crippen LogP contribution in [0.15, 0.2) is 62.9 Å². The number of hydrogen-bond acceptors (Lipinski definition) is 6. The minimum atomic E-state index is -0.277. The average Bonchev–Trinajstić information content (AvgIpc) is 2.68. The number of rotatable bonds is 6. The van der Waals surface area contributed by atoms with E-state index >= 15 is 0 Å². The normalized spacial score (nSPS) is 10.8. The monoisotopic (exact) mass is 428 g/mol. The number of aromatic nitrogens is 2. The molecule has 0 aliphatic heterocycles. The molecule has 0 aliphatic rings. The third-order valence-electron chi connectivity index (χ3n) is 3.69. The van der Waals surface area contributed by atoms with Crippen LogP contribution in [0, 0.1) is 0 Å². The summed E-state index contributed by atoms with van der Waals surface area (Å²) in [5.41, 5.74) is 4.65. The van der Waals surface area contributed by atoms with Crippen LogP contribution in [0.25, 0.3) is 11.3 Å². The first-order valence-electron chi connectivity index (χ1n) is 7.97. The molecule has 3 aromatic rings. The molecule has 1 aromatic heterocycles. The zero-order valence-corrected chi connectivity index (χ0v) is 16.3. The molecule has 8 heteroatoms. The Hall–Kier alpha value is -3.13. The summed E-state index contributed by atoms with van der Waals surface area (Å²) in [6.07, 6.45) is 1.62. The van der Waals surface area contributed by atoms with Gasteiger partial charge in [0.1, 0.15) is 11.5 Å². The van der Waals surface area contributed by atoms with Gasteiger partial charge in [0.05, 0.1) is 30.6 Å². The summed E-state index contributed by atoms with van der Waals surface area (Å²) < 4.78 is 11.2. The Morgan fingerprint density at radius 1 is 1.11 bits per heavy atom. The Morgan fingerprint density at radius 2 is 1.89 bits per heavy atom. The van der Waals surface area contributed by atoms with Gasteiger partial charge in [-0.05, 0) is 64.0 Å². The van der Waals surface area contributed by atoms with E-state index in [1.807, 2.05) is 42.5 Å². The summed E-state index contributed by atoms with van der Waals surface area (Å²) in [4.78, 5) is 18.9. The van der Waals surface area contributed by atoms with E-state index < -0.39 is 0 Å². The summed E-state index contributed by atoms with van der Waals surface area (Å²) in [6, 6.07) is 14.3. The molecule has 138 valence electrons. The van der Waals surface area contributed by atoms with Gasteiger partial charge in [0.2, 0.25) is 5.95 Å². The molecule has 0 fully saturated rings. The number of benzene rings is 2. The van der Waals surface area contributed by atoms with Crippen molar-refractivity contribution in [2.24, 2.45) is 5.10 Å². The van der Waals surface area contributed by atoms with Crippen LogP contribution >= 0.6 is 15.9 Å². The van der Waals surface area contributed by atoms with Crippen LogP contribution in [0.5, 0.6) is 11.5 Å². The topological polar surface area (TPSA) is 88.6 Å². The van der Waals surface area contributed by atoms with Crippen molar-refractivity contribution in [3.8, 4) is 22.8 Å². The number of hydrazone groups is 1. The van der Waals surface area contributed by atoms with E-state index in [1.165, 1.54) is 6.07 Å². The number of anilines is 1. The van der Waals surface area contributed by atoms with Gasteiger partial charge < -0.3 is 9.47 Å². The lowest BCUT2D eigenvalue weighted by atomic mass is 10.1. The van der Waals surface area contributed by atoms with Gasteiger partial charge in [-0.1, -0.05) is 0 Å². The lowest BCUT2D eigenvalue weighted by Crippen LogP contribution is -2.10. The van der Waals surface area contributed by atoms with Gasteiger partial charge in [0, 0.05) is 11.6 Å². The summed E-state index contributed by atoms with van der Waals surface area (Å²) in [5.74, 6) is 1.72. The fourth-order valence-electron chi connectivity index (χ4n) is 2.35. The highest BCUT2D eigenvalue weighted by molar-refractivity contribution is 9.10. The minimum Gasteiger partial charge on any atom is -0.497 e. The molecule has 0 saturated carbocycles. The molecule has 0 atom stereocenters. The van der Waals surface area contributed by atoms with Crippen molar-refractivity contribution in [2.45, 2.75) is 0 Å². The molecular weight excluding hydrogens is 412 g/mol. The van der Waals surface area contributed by atoms with Crippen molar-refractivity contribution in [3.63, 3.8) is 0 Å². The second-order valence-electron chi connectivity index (χ2n) is 5.47. The minimum absolute atomic E-state index is 0.247. The third-order valence-corrected chi connectivity index (χ3v) is 4.31. The molecule has 3 rings (SSSR count). The number of H-pyrrole nitrogens is 1. The van der Waals surface area contributed by atoms with Gasteiger partial charge in [-0.3, -0.25) is 9.78 Å². The predicted molar refractivity (Wildman–Crippen MR) is 109 cm³/mol. The first-order chi connectivity index (χ1) is 13.1. The molecule has 0 unspecified atom stereocenters. The van der Waals surface area contributed by atoms with Crippen LogP contribution in [-0.2, 0) is 0 Å². The van der Waals surface area contributed by atoms with Crippen LogP contribution in [0.2, 0.25) is 0 Å². The molecule has 0 bridgehead atoms. The molecule has 0 spiro atoms. The summed E-state index contributed by atoms with van der Waals surface area (Å²) >= 11 is 3.42. The van der Waals surface area contributed by atoms with Gasteiger partial charge >= 0.3 is 0 Å². The van der Waals surface area contributed by atoms with Crippen molar-refractivity contribution in [1.82, 2.24) is 9.97 Å². The van der Waals surface area contributed by atoms with Gasteiger partial charge in [-0.25, -0.2) is 10.4 Å². The highest BCUT2D eigenvalue weighted by atomic mass is 79.9. The van der Waals surface area contributed by atoms with Crippen LogP contribution < -0.4 is 20.5 Å². The molecule has 0 amide bonds. The summed E-state index contributed by atoms with van der Waals surface area (Å²) in [6.45, 7) is 0. The second-order valence-corrected chi connectivity index (χ2v) is 6.33. The van der Waals surface area contributed by atoms with Crippen molar-refractivity contribution in [3.05, 3.63) is 68.9 Å². The highest BCUT2D eigenvalue weighted by Crippen LogP contribution is 2.25. The van der Waals surface area contributed by atoms with Gasteiger partial charge in [0.15, 0.2) is 0 Å². The Labute approximate surface area is 164 Å². The average molecular weight is 429 g/mol. The van der Waals surface area contributed by atoms with Gasteiger partial charge in [-0.2, -0.15) is 5.10 Å². The number of nitrogens with zero attached hydrogens (tertiary/aromatic N) is 2. The fourth-order valence-corrected chi connectivity index (χ4v) is 2.91. The predicted octanol–water partition coefficient (Wildman–Crippen LogP) is 3.66. The van der Waals surface area contributed by atoms with E-state index in [0.717, 1.165) is 27.1 Å². The standard InChI is InChI=1S/C19H17BrN4O3/c1-26-14-6-4-13(5-7-14)16-10-18(25)23-19(22-16)24-21-11-12-3-8-17(27-2)15(20)9-12/h3-11H,1-2H3,(H2,22,23,24,25)/b21-11-. The van der Waals surface area contributed by atoms with E-state index in [1.54, 1.807) is 20.4 Å². The van der Waals surface area contributed by atoms with E-state index in [9.17, 15) is 4.79 Å². The Morgan fingerprint density at radius 3 is 2.56 bits per heavy atom. The maximum atomic E-state index is 11.9. The van der Waals surface area contributed by atoms with Crippen LogP contribution in [0.3, 0.4) is 0 Å². The van der Waals surface area contributed by atoms with Crippen LogP contribution in [0.1, 0.15) is 5.56 Å². The molecule has 7 nitrogen and oxygen atoms in total. The molecule has 1 heterocycles. The van der Waals surface area contributed by atoms with Crippen molar-refractivity contribution in [2.75, 3.05) is 19.6 Å². The van der Waals surface area contributed by atoms with Crippen LogP contribution in [0.4, 0.5) is 5.95 Å². The number of ether oxygens (including phenoxy) is 2. The summed E-state index contributed by atoms with van der Waals surface area (Å²) in [7, 11) is 3.20. The maximum Gasteiger partial charge on any atom is 0.252 e. The smallest absolute Gasteiger partial charge is 0.252 e. The van der Waals surface area contributed by atoms with E-state index in [0.29, 0.717) is 5.69 Å². The number of halogens is 1. The third kappa shape index (κ3) is 4.73.